The summed E-state index contributed by atoms with van der Waals surface area (Å²) in [5.74, 6) is 1.97. The van der Waals surface area contributed by atoms with Crippen molar-refractivity contribution < 1.29 is 4.74 Å². The third-order valence-corrected chi connectivity index (χ3v) is 3.96. The van der Waals surface area contributed by atoms with Crippen LogP contribution in [0.15, 0.2) is 42.5 Å². The summed E-state index contributed by atoms with van der Waals surface area (Å²) in [7, 11) is 0. The smallest absolute Gasteiger partial charge is 0.141 e. The summed E-state index contributed by atoms with van der Waals surface area (Å²) in [6.45, 7) is 2.11. The summed E-state index contributed by atoms with van der Waals surface area (Å²) in [5, 5.41) is 0. The maximum atomic E-state index is 5.82. The molecular formula is C17H17N3O. The van der Waals surface area contributed by atoms with Gasteiger partial charge in [-0.05, 0) is 12.1 Å². The molecule has 4 nitrogen and oxygen atoms in total. The van der Waals surface area contributed by atoms with E-state index in [1.807, 2.05) is 30.3 Å². The van der Waals surface area contributed by atoms with E-state index in [2.05, 4.69) is 16.7 Å². The van der Waals surface area contributed by atoms with Crippen molar-refractivity contribution in [2.24, 2.45) is 5.73 Å². The first-order valence-corrected chi connectivity index (χ1v) is 7.29. The topological polar surface area (TPSA) is 53.1 Å². The predicted octanol–water partition coefficient (Wildman–Crippen LogP) is 2.60. The molecule has 0 atom stereocenters. The lowest BCUT2D eigenvalue weighted by Crippen LogP contribution is -2.11. The van der Waals surface area contributed by atoms with Crippen molar-refractivity contribution >= 4 is 11.0 Å². The number of nitrogens with two attached hydrogens (primary N) is 1. The molecule has 4 heteroatoms. The second kappa shape index (κ2) is 4.90. The first-order chi connectivity index (χ1) is 10.4. The first-order valence-electron chi connectivity index (χ1n) is 7.29. The Bertz CT molecular complexity index is 793. The van der Waals surface area contributed by atoms with Crippen LogP contribution in [0.25, 0.3) is 22.4 Å². The van der Waals surface area contributed by atoms with Gasteiger partial charge in [-0.1, -0.05) is 30.3 Å². The van der Waals surface area contributed by atoms with E-state index in [0.29, 0.717) is 6.54 Å². The second-order valence-corrected chi connectivity index (χ2v) is 5.25. The third kappa shape index (κ3) is 1.91. The molecule has 3 aromatic rings. The average Bonchev–Trinajstić information content (AvgIpc) is 3.12. The van der Waals surface area contributed by atoms with Crippen molar-refractivity contribution in [3.8, 4) is 17.1 Å². The molecule has 21 heavy (non-hydrogen) atoms. The Kier molecular flexibility index (Phi) is 2.89. The molecular weight excluding hydrogens is 262 g/mol. The van der Waals surface area contributed by atoms with Gasteiger partial charge in [-0.3, -0.25) is 0 Å². The number of imidazole rings is 1. The van der Waals surface area contributed by atoms with E-state index in [9.17, 15) is 0 Å². The summed E-state index contributed by atoms with van der Waals surface area (Å²) >= 11 is 0. The van der Waals surface area contributed by atoms with E-state index in [-0.39, 0.29) is 0 Å². The predicted molar refractivity (Wildman–Crippen MR) is 83.4 cm³/mol. The quantitative estimate of drug-likeness (QED) is 0.801. The van der Waals surface area contributed by atoms with Crippen LogP contribution in [-0.4, -0.2) is 22.7 Å². The molecule has 0 saturated carbocycles. The van der Waals surface area contributed by atoms with Crippen LogP contribution in [-0.2, 0) is 13.0 Å². The van der Waals surface area contributed by atoms with Gasteiger partial charge in [-0.15, -0.1) is 0 Å². The van der Waals surface area contributed by atoms with Crippen LogP contribution in [0.4, 0.5) is 0 Å². The Balaban J connectivity index is 2.02. The standard InChI is InChI=1S/C17H17N3O/c18-9-10-20-16-13-8-11-21-15(13)7-6-14(16)19-17(20)12-4-2-1-3-5-12/h1-7H,8-11,18H2. The highest BCUT2D eigenvalue weighted by atomic mass is 16.5. The first kappa shape index (κ1) is 12.4. The van der Waals surface area contributed by atoms with Crippen LogP contribution in [0.1, 0.15) is 5.56 Å². The van der Waals surface area contributed by atoms with Crippen molar-refractivity contribution in [1.29, 1.82) is 0 Å². The molecule has 1 aliphatic heterocycles. The van der Waals surface area contributed by atoms with E-state index in [0.717, 1.165) is 42.2 Å². The van der Waals surface area contributed by atoms with Crippen LogP contribution < -0.4 is 10.5 Å². The SMILES string of the molecule is NCCn1c(-c2ccccc2)nc2ccc3c(c21)CCO3. The molecule has 0 radical (unpaired) electrons. The molecule has 1 aromatic heterocycles. The fraction of sp³-hybridized carbons (Fsp3) is 0.235. The summed E-state index contributed by atoms with van der Waals surface area (Å²) in [5.41, 5.74) is 10.4. The third-order valence-electron chi connectivity index (χ3n) is 3.96. The number of hydrogen-bond acceptors (Lipinski definition) is 3. The Labute approximate surface area is 123 Å². The number of rotatable bonds is 3. The van der Waals surface area contributed by atoms with Gasteiger partial charge in [0.15, 0.2) is 0 Å². The lowest BCUT2D eigenvalue weighted by Gasteiger charge is -2.09. The molecule has 0 aliphatic carbocycles. The van der Waals surface area contributed by atoms with E-state index in [1.165, 1.54) is 11.1 Å². The normalized spacial score (nSPS) is 13.4. The van der Waals surface area contributed by atoms with Crippen molar-refractivity contribution in [3.05, 3.63) is 48.0 Å². The summed E-state index contributed by atoms with van der Waals surface area (Å²) in [6.07, 6.45) is 0.942. The molecule has 2 aromatic carbocycles. The Morgan fingerprint density at radius 1 is 1.14 bits per heavy atom. The minimum absolute atomic E-state index is 0.593. The Hall–Kier alpha value is -2.33. The Morgan fingerprint density at radius 2 is 2.00 bits per heavy atom. The summed E-state index contributed by atoms with van der Waals surface area (Å²) < 4.78 is 7.92. The molecule has 0 unspecified atom stereocenters. The number of aromatic nitrogens is 2. The van der Waals surface area contributed by atoms with E-state index < -0.39 is 0 Å². The zero-order valence-corrected chi connectivity index (χ0v) is 11.7. The van der Waals surface area contributed by atoms with E-state index >= 15 is 0 Å². The maximum Gasteiger partial charge on any atom is 0.141 e. The number of nitrogens with zero attached hydrogens (tertiary/aromatic N) is 2. The Morgan fingerprint density at radius 3 is 2.81 bits per heavy atom. The molecule has 0 fully saturated rings. The molecule has 0 amide bonds. The van der Waals surface area contributed by atoms with Crippen molar-refractivity contribution in [2.45, 2.75) is 13.0 Å². The van der Waals surface area contributed by atoms with Gasteiger partial charge < -0.3 is 15.0 Å². The summed E-state index contributed by atoms with van der Waals surface area (Å²) in [6, 6.07) is 14.3. The second-order valence-electron chi connectivity index (χ2n) is 5.25. The number of benzene rings is 2. The maximum absolute atomic E-state index is 5.82. The number of ether oxygens (including phenoxy) is 1. The van der Waals surface area contributed by atoms with Crippen LogP contribution >= 0.6 is 0 Å². The van der Waals surface area contributed by atoms with E-state index in [1.54, 1.807) is 0 Å². The van der Waals surface area contributed by atoms with Crippen LogP contribution in [0.2, 0.25) is 0 Å². The summed E-state index contributed by atoms with van der Waals surface area (Å²) in [4.78, 5) is 4.83. The molecule has 0 bridgehead atoms. The van der Waals surface area contributed by atoms with E-state index in [4.69, 9.17) is 15.5 Å². The van der Waals surface area contributed by atoms with Gasteiger partial charge in [0.1, 0.15) is 11.6 Å². The van der Waals surface area contributed by atoms with Gasteiger partial charge in [0.05, 0.1) is 17.6 Å². The lowest BCUT2D eigenvalue weighted by molar-refractivity contribution is 0.357. The van der Waals surface area contributed by atoms with Gasteiger partial charge >= 0.3 is 0 Å². The van der Waals surface area contributed by atoms with Crippen molar-refractivity contribution in [1.82, 2.24) is 9.55 Å². The van der Waals surface area contributed by atoms with Gasteiger partial charge in [-0.2, -0.15) is 0 Å². The molecule has 0 spiro atoms. The molecule has 1 aliphatic rings. The fourth-order valence-corrected chi connectivity index (χ4v) is 3.07. The monoisotopic (exact) mass is 279 g/mol. The molecule has 106 valence electrons. The van der Waals surface area contributed by atoms with Gasteiger partial charge in [0.25, 0.3) is 0 Å². The average molecular weight is 279 g/mol. The lowest BCUT2D eigenvalue weighted by atomic mass is 10.1. The van der Waals surface area contributed by atoms with Crippen molar-refractivity contribution in [3.63, 3.8) is 0 Å². The minimum atomic E-state index is 0.593. The van der Waals surface area contributed by atoms with Crippen LogP contribution in [0.5, 0.6) is 5.75 Å². The molecule has 2 heterocycles. The van der Waals surface area contributed by atoms with Crippen LogP contribution in [0.3, 0.4) is 0 Å². The fourth-order valence-electron chi connectivity index (χ4n) is 3.07. The van der Waals surface area contributed by atoms with Gasteiger partial charge in [0, 0.05) is 30.6 Å². The molecule has 0 saturated heterocycles. The zero-order valence-electron chi connectivity index (χ0n) is 11.7. The van der Waals surface area contributed by atoms with Gasteiger partial charge in [-0.25, -0.2) is 4.98 Å². The zero-order chi connectivity index (χ0) is 14.2. The number of hydrogen-bond donors (Lipinski definition) is 1. The van der Waals surface area contributed by atoms with Crippen molar-refractivity contribution in [2.75, 3.05) is 13.2 Å². The molecule has 4 rings (SSSR count). The number of fused-ring (bicyclic) bond motifs is 3. The largest absolute Gasteiger partial charge is 0.493 e. The molecule has 2 N–H and O–H groups in total. The highest BCUT2D eigenvalue weighted by Gasteiger charge is 2.21. The van der Waals surface area contributed by atoms with Gasteiger partial charge in [0.2, 0.25) is 0 Å². The minimum Gasteiger partial charge on any atom is -0.493 e. The van der Waals surface area contributed by atoms with Crippen LogP contribution in [0, 0.1) is 0 Å². The highest BCUT2D eigenvalue weighted by Crippen LogP contribution is 2.35. The highest BCUT2D eigenvalue weighted by molar-refractivity contribution is 5.86.